The lowest BCUT2D eigenvalue weighted by molar-refractivity contribution is -0.115. The summed E-state index contributed by atoms with van der Waals surface area (Å²) >= 11 is 4.98. The molecule has 0 radical (unpaired) electrons. The standard InChI is InChI=1S/C38H29N3OS/c42-37-36(40-38(43)41-37)26-30-15-13-27(14-16-30)11-12-28-17-21-33(22-18-28)39-34-23-19-29(20-24-34)25-35(31-7-3-1-4-8-31)32-9-5-2-6-10-32/h1-26,39H,(H2,40,41,42,43). The minimum atomic E-state index is -0.211. The minimum absolute atomic E-state index is 0.211. The fraction of sp³-hybridized carbons (Fsp3) is 0. The number of carbonyl (C=O) groups excluding carboxylic acids is 1. The van der Waals surface area contributed by atoms with E-state index in [-0.39, 0.29) is 5.91 Å². The van der Waals surface area contributed by atoms with Crippen molar-refractivity contribution in [2.24, 2.45) is 0 Å². The number of hydrogen-bond acceptors (Lipinski definition) is 3. The molecule has 0 atom stereocenters. The number of hydrogen-bond donors (Lipinski definition) is 3. The first-order chi connectivity index (χ1) is 21.1. The van der Waals surface area contributed by atoms with Gasteiger partial charge in [-0.3, -0.25) is 10.1 Å². The van der Waals surface area contributed by atoms with Gasteiger partial charge < -0.3 is 10.6 Å². The van der Waals surface area contributed by atoms with E-state index in [9.17, 15) is 4.79 Å². The topological polar surface area (TPSA) is 53.2 Å². The molecule has 3 N–H and O–H groups in total. The Balaban J connectivity index is 1.09. The normalized spacial score (nSPS) is 13.5. The number of amides is 1. The zero-order chi connectivity index (χ0) is 29.4. The number of nitrogens with one attached hydrogen (secondary N) is 3. The molecule has 208 valence electrons. The quantitative estimate of drug-likeness (QED) is 0.0986. The van der Waals surface area contributed by atoms with Crippen molar-refractivity contribution in [3.8, 4) is 0 Å². The van der Waals surface area contributed by atoms with Crippen molar-refractivity contribution in [2.75, 3.05) is 5.32 Å². The fourth-order valence-corrected chi connectivity index (χ4v) is 4.99. The summed E-state index contributed by atoms with van der Waals surface area (Å²) in [4.78, 5) is 11.8. The summed E-state index contributed by atoms with van der Waals surface area (Å²) in [5.74, 6) is -0.211. The van der Waals surface area contributed by atoms with Gasteiger partial charge in [-0.15, -0.1) is 0 Å². The third-order valence-electron chi connectivity index (χ3n) is 7.03. The van der Waals surface area contributed by atoms with Gasteiger partial charge in [0.2, 0.25) is 0 Å². The van der Waals surface area contributed by atoms with Crippen LogP contribution in [0, 0.1) is 0 Å². The van der Waals surface area contributed by atoms with Crippen LogP contribution in [0.15, 0.2) is 139 Å². The van der Waals surface area contributed by atoms with Crippen molar-refractivity contribution in [2.45, 2.75) is 0 Å². The molecule has 0 spiro atoms. The Hall–Kier alpha value is -5.52. The van der Waals surface area contributed by atoms with Crippen molar-refractivity contribution in [1.29, 1.82) is 0 Å². The molecule has 0 bridgehead atoms. The summed E-state index contributed by atoms with van der Waals surface area (Å²) in [6, 6.07) is 45.8. The Kier molecular flexibility index (Phi) is 8.34. The molecule has 1 aliphatic rings. The van der Waals surface area contributed by atoms with Crippen molar-refractivity contribution >= 4 is 64.5 Å². The third-order valence-corrected chi connectivity index (χ3v) is 7.23. The molecule has 1 saturated heterocycles. The van der Waals surface area contributed by atoms with Gasteiger partial charge in [-0.1, -0.05) is 121 Å². The Morgan fingerprint density at radius 2 is 1.02 bits per heavy atom. The Bertz CT molecular complexity index is 1780. The van der Waals surface area contributed by atoms with E-state index in [0.29, 0.717) is 10.8 Å². The summed E-state index contributed by atoms with van der Waals surface area (Å²) in [6.45, 7) is 0. The highest BCUT2D eigenvalue weighted by atomic mass is 32.1. The maximum absolute atomic E-state index is 11.8. The second-order valence-corrected chi connectivity index (χ2v) is 10.5. The smallest absolute Gasteiger partial charge is 0.273 e. The van der Waals surface area contributed by atoms with Crippen LogP contribution < -0.4 is 16.0 Å². The molecule has 1 amide bonds. The van der Waals surface area contributed by atoms with Gasteiger partial charge in [-0.25, -0.2) is 0 Å². The number of benzene rings is 5. The van der Waals surface area contributed by atoms with E-state index in [0.717, 1.165) is 33.6 Å². The van der Waals surface area contributed by atoms with Gasteiger partial charge in [-0.2, -0.15) is 0 Å². The third kappa shape index (κ3) is 7.22. The Morgan fingerprint density at radius 3 is 1.51 bits per heavy atom. The van der Waals surface area contributed by atoms with Crippen LogP contribution in [0.3, 0.4) is 0 Å². The highest BCUT2D eigenvalue weighted by Gasteiger charge is 2.19. The second kappa shape index (κ2) is 13.0. The van der Waals surface area contributed by atoms with Crippen LogP contribution in [0.25, 0.3) is 29.9 Å². The van der Waals surface area contributed by atoms with E-state index in [1.807, 2.05) is 36.4 Å². The lowest BCUT2D eigenvalue weighted by Crippen LogP contribution is -2.21. The van der Waals surface area contributed by atoms with Gasteiger partial charge >= 0.3 is 0 Å². The maximum atomic E-state index is 11.8. The zero-order valence-electron chi connectivity index (χ0n) is 23.3. The van der Waals surface area contributed by atoms with Crippen molar-refractivity contribution in [3.63, 3.8) is 0 Å². The van der Waals surface area contributed by atoms with Crippen LogP contribution in [-0.4, -0.2) is 11.0 Å². The summed E-state index contributed by atoms with van der Waals surface area (Å²) < 4.78 is 0. The first-order valence-electron chi connectivity index (χ1n) is 14.0. The molecule has 1 aliphatic heterocycles. The maximum Gasteiger partial charge on any atom is 0.273 e. The highest BCUT2D eigenvalue weighted by Crippen LogP contribution is 2.27. The number of anilines is 2. The minimum Gasteiger partial charge on any atom is -0.356 e. The predicted molar refractivity (Wildman–Crippen MR) is 183 cm³/mol. The number of thiocarbonyl (C=S) groups is 1. The van der Waals surface area contributed by atoms with Gasteiger partial charge in [0.05, 0.1) is 0 Å². The van der Waals surface area contributed by atoms with Gasteiger partial charge in [-0.05, 0) is 87.6 Å². The molecule has 5 aromatic rings. The van der Waals surface area contributed by atoms with Crippen LogP contribution in [0.4, 0.5) is 11.4 Å². The van der Waals surface area contributed by atoms with Crippen LogP contribution >= 0.6 is 12.2 Å². The summed E-state index contributed by atoms with van der Waals surface area (Å²) in [5.41, 5.74) is 10.3. The van der Waals surface area contributed by atoms with Crippen molar-refractivity contribution in [3.05, 3.63) is 173 Å². The van der Waals surface area contributed by atoms with Crippen molar-refractivity contribution < 1.29 is 4.79 Å². The fourth-order valence-electron chi connectivity index (χ4n) is 4.79. The van der Waals surface area contributed by atoms with Crippen LogP contribution in [0.2, 0.25) is 0 Å². The molecule has 4 nitrogen and oxygen atoms in total. The molecule has 0 saturated carbocycles. The number of carbonyl (C=O) groups is 1. The zero-order valence-corrected chi connectivity index (χ0v) is 24.1. The first kappa shape index (κ1) is 27.6. The van der Waals surface area contributed by atoms with Crippen LogP contribution in [-0.2, 0) is 4.79 Å². The molecule has 0 unspecified atom stereocenters. The lowest BCUT2D eigenvalue weighted by Gasteiger charge is -2.10. The largest absolute Gasteiger partial charge is 0.356 e. The molecule has 0 aromatic heterocycles. The van der Waals surface area contributed by atoms with E-state index >= 15 is 0 Å². The van der Waals surface area contributed by atoms with E-state index in [2.05, 4.69) is 131 Å². The molecule has 5 aromatic carbocycles. The van der Waals surface area contributed by atoms with E-state index in [1.54, 1.807) is 6.08 Å². The average Bonchev–Trinajstić information content (AvgIpc) is 3.37. The predicted octanol–water partition coefficient (Wildman–Crippen LogP) is 8.53. The van der Waals surface area contributed by atoms with Gasteiger partial charge in [0.15, 0.2) is 5.11 Å². The Labute approximate surface area is 257 Å². The Morgan fingerprint density at radius 1 is 0.558 bits per heavy atom. The summed E-state index contributed by atoms with van der Waals surface area (Å²) in [7, 11) is 0. The molecular weight excluding hydrogens is 547 g/mol. The van der Waals surface area contributed by atoms with Gasteiger partial charge in [0.25, 0.3) is 5.91 Å². The summed E-state index contributed by atoms with van der Waals surface area (Å²) in [5, 5.41) is 9.26. The van der Waals surface area contributed by atoms with E-state index in [1.165, 1.54) is 16.7 Å². The molecule has 5 heteroatoms. The molecule has 43 heavy (non-hydrogen) atoms. The van der Waals surface area contributed by atoms with E-state index < -0.39 is 0 Å². The first-order valence-corrected chi connectivity index (χ1v) is 14.4. The average molecular weight is 576 g/mol. The van der Waals surface area contributed by atoms with Crippen LogP contribution in [0.1, 0.15) is 33.4 Å². The van der Waals surface area contributed by atoms with Gasteiger partial charge in [0, 0.05) is 11.4 Å². The highest BCUT2D eigenvalue weighted by molar-refractivity contribution is 7.80. The SMILES string of the molecule is O=C1NC(=S)NC1=Cc1ccc(C=Cc2ccc(Nc3ccc(C=C(c4ccccc4)c4ccccc4)cc3)cc2)cc1. The molecule has 0 aliphatic carbocycles. The van der Waals surface area contributed by atoms with E-state index in [4.69, 9.17) is 12.2 Å². The molecule has 1 fully saturated rings. The van der Waals surface area contributed by atoms with Gasteiger partial charge in [0.1, 0.15) is 5.70 Å². The molecule has 6 rings (SSSR count). The van der Waals surface area contributed by atoms with Crippen LogP contribution in [0.5, 0.6) is 0 Å². The number of rotatable bonds is 8. The molecule has 1 heterocycles. The van der Waals surface area contributed by atoms with Crippen molar-refractivity contribution in [1.82, 2.24) is 10.6 Å². The monoisotopic (exact) mass is 575 g/mol. The molecular formula is C38H29N3OS. The lowest BCUT2D eigenvalue weighted by atomic mass is 9.96. The second-order valence-electron chi connectivity index (χ2n) is 10.1. The summed E-state index contributed by atoms with van der Waals surface area (Å²) in [6.07, 6.45) is 8.17.